The molecule has 14 heteroatoms. The molecule has 1 saturated heterocycles. The number of para-hydroxylation sites is 1. The van der Waals surface area contributed by atoms with Crippen LogP contribution in [0.25, 0.3) is 10.2 Å². The highest BCUT2D eigenvalue weighted by molar-refractivity contribution is 8.77. The molecule has 0 saturated carbocycles. The Morgan fingerprint density at radius 3 is 2.39 bits per heavy atom. The molecule has 2 heterocycles. The van der Waals surface area contributed by atoms with Gasteiger partial charge < -0.3 is 9.16 Å². The van der Waals surface area contributed by atoms with Crippen molar-refractivity contribution in [2.45, 2.75) is 56.5 Å². The first kappa shape index (κ1) is 31.2. The molecule has 3 aromatic rings. The molecule has 0 spiro atoms. The van der Waals surface area contributed by atoms with Gasteiger partial charge in [0.2, 0.25) is 5.91 Å². The molecule has 0 bridgehead atoms. The van der Waals surface area contributed by atoms with E-state index in [-0.39, 0.29) is 23.6 Å². The van der Waals surface area contributed by atoms with Crippen molar-refractivity contribution in [2.24, 2.45) is 17.3 Å². The van der Waals surface area contributed by atoms with Gasteiger partial charge >= 0.3 is 11.9 Å². The van der Waals surface area contributed by atoms with E-state index in [2.05, 4.69) is 4.98 Å². The number of nitro groups is 1. The molecule has 1 aromatic heterocycles. The molecule has 0 radical (unpaired) electrons. The van der Waals surface area contributed by atoms with Gasteiger partial charge in [0.25, 0.3) is 5.69 Å². The zero-order chi connectivity index (χ0) is 30.1. The van der Waals surface area contributed by atoms with Crippen molar-refractivity contribution in [1.82, 2.24) is 9.88 Å². The lowest BCUT2D eigenvalue weighted by atomic mass is 9.63. The van der Waals surface area contributed by atoms with Crippen molar-refractivity contribution in [3.05, 3.63) is 64.2 Å². The third-order valence-corrected chi connectivity index (χ3v) is 12.1. The number of aromatic nitrogens is 1. The van der Waals surface area contributed by atoms with Crippen molar-refractivity contribution < 1.29 is 28.5 Å². The van der Waals surface area contributed by atoms with Crippen LogP contribution in [0.1, 0.15) is 40.2 Å². The number of carbonyl (C=O) groups is 3. The van der Waals surface area contributed by atoms with Crippen LogP contribution in [0, 0.1) is 27.4 Å². The Hall–Kier alpha value is -2.78. The predicted octanol–water partition coefficient (Wildman–Crippen LogP) is 4.74. The number of rotatable bonds is 9. The van der Waals surface area contributed by atoms with Crippen LogP contribution >= 0.6 is 32.9 Å². The van der Waals surface area contributed by atoms with Crippen LogP contribution in [-0.4, -0.2) is 54.1 Å². The number of ether oxygens (including phenoxy) is 1. The van der Waals surface area contributed by atoms with E-state index in [0.717, 1.165) is 19.5 Å². The second kappa shape index (κ2) is 12.2. The molecular formula is C27H31N3O7S3Si. The van der Waals surface area contributed by atoms with Gasteiger partial charge in [-0.25, -0.2) is 9.78 Å². The quantitative estimate of drug-likeness (QED) is 0.0620. The van der Waals surface area contributed by atoms with Crippen LogP contribution in [-0.2, 0) is 30.2 Å². The Morgan fingerprint density at radius 1 is 1.15 bits per heavy atom. The van der Waals surface area contributed by atoms with E-state index >= 15 is 0 Å². The molecule has 1 aliphatic heterocycles. The number of esters is 1. The molecule has 0 unspecified atom stereocenters. The van der Waals surface area contributed by atoms with Crippen molar-refractivity contribution in [2.75, 3.05) is 0 Å². The summed E-state index contributed by atoms with van der Waals surface area (Å²) in [6, 6.07) is 13.2. The number of hydrogen-bond acceptors (Lipinski definition) is 11. The number of imide groups is 1. The molecule has 2 aromatic carbocycles. The van der Waals surface area contributed by atoms with E-state index < -0.39 is 39.6 Å². The van der Waals surface area contributed by atoms with Crippen LogP contribution in [0.4, 0.5) is 5.69 Å². The maximum atomic E-state index is 13.7. The Bertz CT molecular complexity index is 1440. The number of β-lactam (4-membered cyclic amide) rings is 1. The second-order valence-corrected chi connectivity index (χ2v) is 15.2. The topological polar surface area (TPSA) is 129 Å². The van der Waals surface area contributed by atoms with E-state index in [4.69, 9.17) is 9.16 Å². The predicted molar refractivity (Wildman–Crippen MR) is 163 cm³/mol. The number of likely N-dealkylation sites (tertiary alicyclic amines) is 1. The molecule has 41 heavy (non-hydrogen) atoms. The largest absolute Gasteiger partial charge is 0.454 e. The first-order chi connectivity index (χ1) is 19.2. The lowest BCUT2D eigenvalue weighted by Crippen LogP contribution is -2.68. The summed E-state index contributed by atoms with van der Waals surface area (Å²) < 4.78 is 13.0. The van der Waals surface area contributed by atoms with Gasteiger partial charge in [-0.1, -0.05) is 43.7 Å². The molecule has 10 nitrogen and oxygen atoms in total. The van der Waals surface area contributed by atoms with E-state index in [1.54, 1.807) is 0 Å². The van der Waals surface area contributed by atoms with Crippen LogP contribution in [0.15, 0.2) is 52.9 Å². The Morgan fingerprint density at radius 2 is 1.80 bits per heavy atom. The van der Waals surface area contributed by atoms with Gasteiger partial charge in [-0.3, -0.25) is 24.6 Å². The summed E-state index contributed by atoms with van der Waals surface area (Å²) in [4.78, 5) is 55.7. The number of nitro benzene ring substituents is 1. The molecule has 0 N–H and O–H groups in total. The second-order valence-electron chi connectivity index (χ2n) is 11.2. The van der Waals surface area contributed by atoms with Crippen molar-refractivity contribution in [3.8, 4) is 0 Å². The van der Waals surface area contributed by atoms with Crippen molar-refractivity contribution >= 4 is 77.1 Å². The lowest BCUT2D eigenvalue weighted by molar-refractivity contribution is -0.384. The number of benzene rings is 2. The highest BCUT2D eigenvalue weighted by atomic mass is 33.1. The first-order valence-corrected chi connectivity index (χ1v) is 16.6. The summed E-state index contributed by atoms with van der Waals surface area (Å²) >= 11 is 1.51. The lowest BCUT2D eigenvalue weighted by Gasteiger charge is -2.55. The molecule has 1 fully saturated rings. The monoisotopic (exact) mass is 633 g/mol. The zero-order valence-corrected chi connectivity index (χ0v) is 27.9. The minimum atomic E-state index is -1.17. The normalized spacial score (nSPS) is 18.3. The van der Waals surface area contributed by atoms with Gasteiger partial charge in [0.15, 0.2) is 4.34 Å². The van der Waals surface area contributed by atoms with Crippen molar-refractivity contribution in [3.63, 3.8) is 0 Å². The summed E-state index contributed by atoms with van der Waals surface area (Å²) in [7, 11) is 3.15. The molecule has 3 atom stereocenters. The van der Waals surface area contributed by atoms with E-state index in [1.807, 2.05) is 58.9 Å². The maximum absolute atomic E-state index is 13.7. The number of amides is 2. The number of carbonyl (C=O) groups excluding carboxylic acids is 3. The number of thiazole rings is 1. The zero-order valence-electron chi connectivity index (χ0n) is 23.5. The molecule has 4 rings (SSSR count). The summed E-state index contributed by atoms with van der Waals surface area (Å²) in [5.41, 5.74) is 0.242. The highest BCUT2D eigenvalue weighted by Gasteiger charge is 2.61. The number of hydrogen-bond donors (Lipinski definition) is 0. The minimum absolute atomic E-state index is 0.103. The average molecular weight is 634 g/mol. The fourth-order valence-corrected chi connectivity index (χ4v) is 9.54. The van der Waals surface area contributed by atoms with Crippen LogP contribution in [0.2, 0.25) is 0 Å². The third-order valence-electron chi connectivity index (χ3n) is 7.05. The molecule has 218 valence electrons. The summed E-state index contributed by atoms with van der Waals surface area (Å²) in [6.07, 6.45) is 0. The molecule has 2 amide bonds. The summed E-state index contributed by atoms with van der Waals surface area (Å²) in [5, 5.41) is 10.2. The summed E-state index contributed by atoms with van der Waals surface area (Å²) in [5.74, 6) is -3.51. The van der Waals surface area contributed by atoms with Gasteiger partial charge in [-0.05, 0) is 59.9 Å². The first-order valence-electron chi connectivity index (χ1n) is 12.8. The maximum Gasteiger partial charge on any atom is 0.397 e. The average Bonchev–Trinajstić information content (AvgIpc) is 3.34. The third kappa shape index (κ3) is 6.67. The Kier molecular flexibility index (Phi) is 9.28. The van der Waals surface area contributed by atoms with E-state index in [1.165, 1.54) is 57.2 Å². The Labute approximate surface area is 252 Å². The fourth-order valence-electron chi connectivity index (χ4n) is 5.25. The van der Waals surface area contributed by atoms with Gasteiger partial charge in [0, 0.05) is 18.1 Å². The smallest absolute Gasteiger partial charge is 0.397 e. The summed E-state index contributed by atoms with van der Waals surface area (Å²) in [6.45, 7) is 9.76. The number of nitrogens with zero attached hydrogens (tertiary/aromatic N) is 3. The van der Waals surface area contributed by atoms with Gasteiger partial charge in [0.1, 0.15) is 22.5 Å². The van der Waals surface area contributed by atoms with Crippen molar-refractivity contribution in [1.29, 1.82) is 0 Å². The van der Waals surface area contributed by atoms with Crippen LogP contribution < -0.4 is 0 Å². The standard InChI is InChI=1S/C27H31N3O7S3Si/c1-26(2,3)20(27(4,5)37-41)19-21(31)29(23(19)39-40-25-28-17-8-6-7-9-18(17)38-25)22(32)24(33)36-14-15-10-12-16(13-11-15)30(34)35/h6-13,19-20,23H,14H2,1-5,41H3/t19-,20+,23+/m0/s1. The number of fused-ring (bicyclic) bond motifs is 1. The molecule has 0 aliphatic carbocycles. The van der Waals surface area contributed by atoms with E-state index in [0.29, 0.717) is 16.0 Å². The van der Waals surface area contributed by atoms with Gasteiger partial charge in [0.05, 0.1) is 26.7 Å². The SMILES string of the molecule is CC(C)(C)[C@@H]([C@H]1C(=O)N(C(=O)C(=O)OCc2ccc([N+](=O)[O-])cc2)[C@@H]1SSc1nc2ccccc2s1)C(C)(C)O[SiH3]. The number of non-ortho nitro benzene ring substituents is 1. The fraction of sp³-hybridized carbons (Fsp3) is 0.407. The minimum Gasteiger partial charge on any atom is -0.454 e. The molecule has 1 aliphatic rings. The Balaban J connectivity index is 1.55. The van der Waals surface area contributed by atoms with Crippen LogP contribution in [0.3, 0.4) is 0 Å². The van der Waals surface area contributed by atoms with Crippen LogP contribution in [0.5, 0.6) is 0 Å². The highest BCUT2D eigenvalue weighted by Crippen LogP contribution is 2.54. The van der Waals surface area contributed by atoms with Gasteiger partial charge in [-0.2, -0.15) is 0 Å². The van der Waals surface area contributed by atoms with Gasteiger partial charge in [-0.15, -0.1) is 11.3 Å². The van der Waals surface area contributed by atoms with E-state index in [9.17, 15) is 24.5 Å². The molecular weight excluding hydrogens is 603 g/mol.